The Morgan fingerprint density at radius 1 is 1.62 bits per heavy atom. The molecule has 0 aliphatic heterocycles. The molecule has 0 unspecified atom stereocenters. The van der Waals surface area contributed by atoms with Crippen LogP contribution in [0.4, 0.5) is 0 Å². The van der Waals surface area contributed by atoms with Gasteiger partial charge in [0.25, 0.3) is 0 Å². The molecular weight excluding hydrogens is 100 g/mol. The van der Waals surface area contributed by atoms with Crippen molar-refractivity contribution >= 4 is 6.29 Å². The largest absolute Gasteiger partial charge is 0.285 e. The zero-order valence-corrected chi connectivity index (χ0v) is 5.56. The molecule has 0 aliphatic carbocycles. The summed E-state index contributed by atoms with van der Waals surface area (Å²) in [6.45, 7) is 5.79. The van der Waals surface area contributed by atoms with Gasteiger partial charge >= 0.3 is 0 Å². The highest BCUT2D eigenvalue weighted by Crippen LogP contribution is 2.04. The van der Waals surface area contributed by atoms with Crippen LogP contribution >= 0.6 is 0 Å². The van der Waals surface area contributed by atoms with Crippen LogP contribution in [0.3, 0.4) is 0 Å². The Kier molecular flexibility index (Phi) is 3.16. The summed E-state index contributed by atoms with van der Waals surface area (Å²) in [6.07, 6.45) is 3.65. The van der Waals surface area contributed by atoms with Gasteiger partial charge in [0.05, 0.1) is 0 Å². The fourth-order valence-electron chi connectivity index (χ4n) is 0.510. The van der Waals surface area contributed by atoms with E-state index >= 15 is 0 Å². The van der Waals surface area contributed by atoms with E-state index in [1.54, 1.807) is 6.08 Å². The van der Waals surface area contributed by atoms with E-state index in [2.05, 4.69) is 0 Å². The van der Waals surface area contributed by atoms with Crippen molar-refractivity contribution < 1.29 is 4.79 Å². The predicted octanol–water partition coefficient (Wildman–Crippen LogP) is 1.70. The number of carbonyl (C=O) groups excluding carboxylic acids is 1. The van der Waals surface area contributed by atoms with E-state index in [0.717, 1.165) is 5.57 Å². The van der Waals surface area contributed by atoms with Crippen molar-refractivity contribution in [1.82, 2.24) is 0 Å². The van der Waals surface area contributed by atoms with Crippen LogP contribution in [0, 0.1) is 5.92 Å². The van der Waals surface area contributed by atoms with E-state index in [1.807, 2.05) is 27.1 Å². The molecular formula is C7H11O. The Morgan fingerprint density at radius 3 is 2.12 bits per heavy atom. The van der Waals surface area contributed by atoms with Gasteiger partial charge in [0, 0.05) is 5.57 Å². The molecule has 0 aromatic rings. The number of hydrogen-bond acceptors (Lipinski definition) is 1. The van der Waals surface area contributed by atoms with Gasteiger partial charge in [-0.15, -0.1) is 0 Å². The van der Waals surface area contributed by atoms with E-state index in [-0.39, 0.29) is 0 Å². The summed E-state index contributed by atoms with van der Waals surface area (Å²) in [5.41, 5.74) is 0.755. The molecule has 1 nitrogen and oxygen atoms in total. The lowest BCUT2D eigenvalue weighted by molar-refractivity contribution is 0.556. The Bertz CT molecular complexity index is 101. The Labute approximate surface area is 50.4 Å². The second-order valence-electron chi connectivity index (χ2n) is 2.00. The first-order chi connectivity index (χ1) is 3.72. The van der Waals surface area contributed by atoms with Gasteiger partial charge in [-0.05, 0) is 12.8 Å². The Balaban J connectivity index is 3.91. The predicted molar refractivity (Wildman–Crippen MR) is 34.3 cm³/mol. The van der Waals surface area contributed by atoms with Crippen molar-refractivity contribution in [2.75, 3.05) is 0 Å². The quantitative estimate of drug-likeness (QED) is 0.496. The van der Waals surface area contributed by atoms with E-state index in [1.165, 1.54) is 0 Å². The van der Waals surface area contributed by atoms with Gasteiger partial charge in [-0.2, -0.15) is 0 Å². The monoisotopic (exact) mass is 111 g/mol. The average Bonchev–Trinajstić information content (AvgIpc) is 1.69. The van der Waals surface area contributed by atoms with Crippen LogP contribution in [0.25, 0.3) is 0 Å². The average molecular weight is 111 g/mol. The smallest absolute Gasteiger partial charge is 0.229 e. The zero-order chi connectivity index (χ0) is 6.57. The maximum Gasteiger partial charge on any atom is 0.229 e. The highest BCUT2D eigenvalue weighted by atomic mass is 16.1. The molecule has 0 atom stereocenters. The summed E-state index contributed by atoms with van der Waals surface area (Å²) >= 11 is 0. The third-order valence-corrected chi connectivity index (χ3v) is 1.05. The molecule has 1 radical (unpaired) electrons. The van der Waals surface area contributed by atoms with E-state index in [0.29, 0.717) is 5.92 Å². The fraction of sp³-hybridized carbons (Fsp3) is 0.571. The standard InChI is InChI=1S/C7H11O/c1-4-7(5-8)6(2)3/h4,6H,1-3H3/b7-4+. The maximum absolute atomic E-state index is 9.98. The van der Waals surface area contributed by atoms with Crippen molar-refractivity contribution in [1.29, 1.82) is 0 Å². The molecule has 8 heavy (non-hydrogen) atoms. The van der Waals surface area contributed by atoms with Crippen LogP contribution < -0.4 is 0 Å². The zero-order valence-electron chi connectivity index (χ0n) is 5.56. The minimum Gasteiger partial charge on any atom is -0.285 e. The summed E-state index contributed by atoms with van der Waals surface area (Å²) in [5, 5.41) is 0. The lowest BCUT2D eigenvalue weighted by Gasteiger charge is -1.98. The highest BCUT2D eigenvalue weighted by Gasteiger charge is 1.98. The van der Waals surface area contributed by atoms with Gasteiger partial charge in [-0.1, -0.05) is 19.9 Å². The first-order valence-electron chi connectivity index (χ1n) is 2.76. The van der Waals surface area contributed by atoms with Crippen LogP contribution in [-0.4, -0.2) is 6.29 Å². The van der Waals surface area contributed by atoms with Gasteiger partial charge in [-0.25, -0.2) is 0 Å². The molecule has 1 heteroatoms. The van der Waals surface area contributed by atoms with Gasteiger partial charge in [0.15, 0.2) is 0 Å². The van der Waals surface area contributed by atoms with Crippen molar-refractivity contribution in [3.63, 3.8) is 0 Å². The second-order valence-corrected chi connectivity index (χ2v) is 2.00. The molecule has 0 aromatic carbocycles. The van der Waals surface area contributed by atoms with E-state index in [4.69, 9.17) is 0 Å². The molecule has 0 aromatic heterocycles. The third kappa shape index (κ3) is 1.92. The lowest BCUT2D eigenvalue weighted by Crippen LogP contribution is -1.93. The molecule has 0 saturated carbocycles. The topological polar surface area (TPSA) is 17.1 Å². The summed E-state index contributed by atoms with van der Waals surface area (Å²) < 4.78 is 0. The SMILES string of the molecule is C/C=C(\[C]=O)C(C)C. The third-order valence-electron chi connectivity index (χ3n) is 1.05. The van der Waals surface area contributed by atoms with Crippen LogP contribution in [0.1, 0.15) is 20.8 Å². The van der Waals surface area contributed by atoms with Crippen molar-refractivity contribution in [3.05, 3.63) is 11.6 Å². The normalized spacial score (nSPS) is 12.2. The van der Waals surface area contributed by atoms with E-state index in [9.17, 15) is 4.79 Å². The van der Waals surface area contributed by atoms with Gasteiger partial charge in [0.2, 0.25) is 6.29 Å². The molecule has 0 fully saturated rings. The summed E-state index contributed by atoms with van der Waals surface area (Å²) in [7, 11) is 0. The first kappa shape index (κ1) is 7.41. The molecule has 0 N–H and O–H groups in total. The molecule has 0 heterocycles. The van der Waals surface area contributed by atoms with Crippen LogP contribution in [0.5, 0.6) is 0 Å². The molecule has 45 valence electrons. The van der Waals surface area contributed by atoms with E-state index < -0.39 is 0 Å². The number of rotatable bonds is 2. The van der Waals surface area contributed by atoms with Gasteiger partial charge in [0.1, 0.15) is 0 Å². The maximum atomic E-state index is 9.98. The minimum atomic E-state index is 0.317. The van der Waals surface area contributed by atoms with Crippen LogP contribution in [0.15, 0.2) is 11.6 Å². The Morgan fingerprint density at radius 2 is 2.12 bits per heavy atom. The van der Waals surface area contributed by atoms with Crippen molar-refractivity contribution in [2.45, 2.75) is 20.8 Å². The molecule has 0 bridgehead atoms. The van der Waals surface area contributed by atoms with Crippen LogP contribution in [0.2, 0.25) is 0 Å². The van der Waals surface area contributed by atoms with Gasteiger partial charge < -0.3 is 0 Å². The van der Waals surface area contributed by atoms with Crippen LogP contribution in [-0.2, 0) is 4.79 Å². The Hall–Kier alpha value is -0.590. The molecule has 0 spiro atoms. The molecule has 0 aliphatic rings. The molecule has 0 amide bonds. The lowest BCUT2D eigenvalue weighted by atomic mass is 10.1. The number of allylic oxidation sites excluding steroid dienone is 2. The molecule has 0 rings (SSSR count). The number of hydrogen-bond donors (Lipinski definition) is 0. The molecule has 0 saturated heterocycles. The van der Waals surface area contributed by atoms with Crippen molar-refractivity contribution in [2.24, 2.45) is 5.92 Å². The first-order valence-corrected chi connectivity index (χ1v) is 2.76. The minimum absolute atomic E-state index is 0.317. The second kappa shape index (κ2) is 3.42. The van der Waals surface area contributed by atoms with Crippen molar-refractivity contribution in [3.8, 4) is 0 Å². The summed E-state index contributed by atoms with van der Waals surface area (Å²) in [6, 6.07) is 0. The summed E-state index contributed by atoms with van der Waals surface area (Å²) in [4.78, 5) is 9.98. The van der Waals surface area contributed by atoms with Gasteiger partial charge in [-0.3, -0.25) is 4.79 Å². The highest BCUT2D eigenvalue weighted by molar-refractivity contribution is 5.74. The summed E-state index contributed by atoms with van der Waals surface area (Å²) in [5.74, 6) is 0.317. The fourth-order valence-corrected chi connectivity index (χ4v) is 0.510.